The lowest BCUT2D eigenvalue weighted by Crippen LogP contribution is -2.32. The van der Waals surface area contributed by atoms with E-state index < -0.39 is 10.8 Å². The van der Waals surface area contributed by atoms with Crippen molar-refractivity contribution in [2.45, 2.75) is 10.8 Å². The number of hydrogen-bond acceptors (Lipinski definition) is 7. The summed E-state index contributed by atoms with van der Waals surface area (Å²) in [4.78, 5) is 27.6. The highest BCUT2D eigenvalue weighted by Crippen LogP contribution is 2.67. The molecule has 2 aromatic heterocycles. The van der Waals surface area contributed by atoms with Crippen LogP contribution in [0.3, 0.4) is 0 Å². The highest BCUT2D eigenvalue weighted by atomic mass is 16.5. The van der Waals surface area contributed by atoms with Crippen molar-refractivity contribution in [3.05, 3.63) is 427 Å². The summed E-state index contributed by atoms with van der Waals surface area (Å²) in [5, 5.41) is 9.75. The molecule has 528 valence electrons. The van der Waals surface area contributed by atoms with Gasteiger partial charge in [0.05, 0.1) is 22.0 Å². The van der Waals surface area contributed by atoms with E-state index in [2.05, 4.69) is 364 Å². The molecular weight excluding hydrogens is 1390 g/mol. The number of fused-ring (bicyclic) bond motifs is 27. The van der Waals surface area contributed by atoms with Gasteiger partial charge >= 0.3 is 0 Å². The normalized spacial score (nSPS) is 13.4. The Kier molecular flexibility index (Phi) is 13.8. The molecule has 0 fully saturated rings. The molecule has 7 heteroatoms. The van der Waals surface area contributed by atoms with E-state index in [0.29, 0.717) is 23.3 Å². The molecule has 0 radical (unpaired) electrons. The molecule has 0 atom stereocenters. The Bertz CT molecular complexity index is 7310. The number of aromatic nitrogens is 5. The lowest BCUT2D eigenvalue weighted by molar-refractivity contribution is 0.447. The van der Waals surface area contributed by atoms with Crippen molar-refractivity contribution in [1.82, 2.24) is 24.9 Å². The molecule has 2 spiro atoms. The summed E-state index contributed by atoms with van der Waals surface area (Å²) in [6, 6.07) is 138. The average Bonchev–Trinajstić information content (AvgIpc) is 1.42. The average molecular weight is 1450 g/mol. The Morgan fingerprint density at radius 2 is 0.500 bits per heavy atom. The highest BCUT2D eigenvalue weighted by Gasteiger charge is 2.54. The summed E-state index contributed by atoms with van der Waals surface area (Å²) < 4.78 is 14.7. The number of nitrogens with zero attached hydrogens (tertiary/aromatic N) is 5. The summed E-state index contributed by atoms with van der Waals surface area (Å²) in [6.45, 7) is 0. The van der Waals surface area contributed by atoms with Gasteiger partial charge in [-0.15, -0.1) is 0 Å². The van der Waals surface area contributed by atoms with Crippen LogP contribution in [0.15, 0.2) is 382 Å². The summed E-state index contributed by atoms with van der Waals surface area (Å²) in [5.41, 5.74) is 25.0. The zero-order chi connectivity index (χ0) is 74.7. The fraction of sp³-hybridized carbons (Fsp3) is 0.0187. The number of para-hydroxylation sites is 1. The van der Waals surface area contributed by atoms with E-state index in [0.717, 1.165) is 177 Å². The highest BCUT2D eigenvalue weighted by molar-refractivity contribution is 6.05. The smallest absolute Gasteiger partial charge is 0.164 e. The van der Waals surface area contributed by atoms with Gasteiger partial charge < -0.3 is 9.47 Å². The van der Waals surface area contributed by atoms with Crippen LogP contribution in [0, 0.1) is 0 Å². The van der Waals surface area contributed by atoms with E-state index in [4.69, 9.17) is 34.4 Å². The zero-order valence-electron chi connectivity index (χ0n) is 61.4. The van der Waals surface area contributed by atoms with E-state index in [1.165, 1.54) is 33.4 Å². The van der Waals surface area contributed by atoms with Crippen LogP contribution in [0.4, 0.5) is 0 Å². The van der Waals surface area contributed by atoms with Crippen molar-refractivity contribution in [3.8, 4) is 135 Å². The lowest BCUT2D eigenvalue weighted by atomic mass is 9.65. The van der Waals surface area contributed by atoms with Gasteiger partial charge in [-0.2, -0.15) is 0 Å². The van der Waals surface area contributed by atoms with Crippen LogP contribution in [-0.4, -0.2) is 24.9 Å². The van der Waals surface area contributed by atoms with Crippen molar-refractivity contribution in [2.75, 3.05) is 0 Å². The topological polar surface area (TPSA) is 82.9 Å². The van der Waals surface area contributed by atoms with Gasteiger partial charge in [-0.1, -0.05) is 364 Å². The van der Waals surface area contributed by atoms with Crippen LogP contribution in [0.5, 0.6) is 23.0 Å². The zero-order valence-corrected chi connectivity index (χ0v) is 61.4. The second-order valence-corrected chi connectivity index (χ2v) is 30.3. The molecule has 18 aromatic carbocycles. The third-order valence-corrected chi connectivity index (χ3v) is 24.5. The first-order valence-electron chi connectivity index (χ1n) is 38.9. The quantitative estimate of drug-likeness (QED) is 0.150. The van der Waals surface area contributed by atoms with E-state index in [-0.39, 0.29) is 0 Å². The molecule has 0 saturated heterocycles. The Morgan fingerprint density at radius 1 is 0.175 bits per heavy atom. The number of ether oxygens (including phenoxy) is 2. The Morgan fingerprint density at radius 3 is 1.02 bits per heavy atom. The number of benzene rings is 18. The fourth-order valence-electron chi connectivity index (χ4n) is 19.3. The molecular formula is C107H63N5O2. The summed E-state index contributed by atoms with van der Waals surface area (Å²) in [7, 11) is 0. The monoisotopic (exact) mass is 1450 g/mol. The van der Waals surface area contributed by atoms with Gasteiger partial charge in [0.2, 0.25) is 0 Å². The van der Waals surface area contributed by atoms with Gasteiger partial charge in [0, 0.05) is 82.6 Å². The summed E-state index contributed by atoms with van der Waals surface area (Å²) >= 11 is 0. The van der Waals surface area contributed by atoms with Gasteiger partial charge in [-0.25, -0.2) is 24.9 Å². The first kappa shape index (κ1) is 63.8. The molecule has 24 rings (SSSR count). The Balaban J connectivity index is 0.645. The van der Waals surface area contributed by atoms with Gasteiger partial charge in [0.15, 0.2) is 23.3 Å². The minimum absolute atomic E-state index is 0.547. The van der Waals surface area contributed by atoms with Gasteiger partial charge in [0.1, 0.15) is 23.0 Å². The predicted octanol–water partition coefficient (Wildman–Crippen LogP) is 26.7. The molecule has 4 heterocycles. The van der Waals surface area contributed by atoms with Crippen LogP contribution in [0.2, 0.25) is 0 Å². The van der Waals surface area contributed by atoms with Crippen LogP contribution in [0.25, 0.3) is 166 Å². The van der Waals surface area contributed by atoms with E-state index >= 15 is 0 Å². The van der Waals surface area contributed by atoms with Crippen LogP contribution in [-0.2, 0) is 10.8 Å². The number of rotatable bonds is 8. The molecule has 0 unspecified atom stereocenters. The van der Waals surface area contributed by atoms with Gasteiger partial charge in [0.25, 0.3) is 0 Å². The maximum absolute atomic E-state index is 7.37. The van der Waals surface area contributed by atoms with E-state index in [1.807, 2.05) is 18.2 Å². The van der Waals surface area contributed by atoms with Gasteiger partial charge in [-0.3, -0.25) is 0 Å². The molecule has 7 nitrogen and oxygen atoms in total. The van der Waals surface area contributed by atoms with Gasteiger partial charge in [-0.05, 0) is 112 Å². The van der Waals surface area contributed by atoms with Crippen molar-refractivity contribution in [1.29, 1.82) is 0 Å². The largest absolute Gasteiger partial charge is 0.455 e. The molecule has 0 N–H and O–H groups in total. The molecule has 0 bridgehead atoms. The van der Waals surface area contributed by atoms with E-state index in [1.54, 1.807) is 0 Å². The maximum atomic E-state index is 7.37. The van der Waals surface area contributed by atoms with Crippen molar-refractivity contribution < 1.29 is 9.47 Å². The second kappa shape index (κ2) is 24.7. The molecule has 4 aliphatic rings. The summed E-state index contributed by atoms with van der Waals surface area (Å²) in [6.07, 6.45) is 0. The third kappa shape index (κ3) is 9.35. The first-order valence-corrected chi connectivity index (χ1v) is 38.9. The molecule has 2 aliphatic heterocycles. The van der Waals surface area contributed by atoms with Crippen LogP contribution >= 0.6 is 0 Å². The summed E-state index contributed by atoms with van der Waals surface area (Å²) in [5.74, 6) is 5.81. The minimum atomic E-state index is -0.779. The standard InChI is InChI=1S/C107H63N5O2/c1-3-21-64(22-4-1)65-41-45-71(46-42-65)96-87-38-20-37-78(97(87)109-104(108-96)77-50-56-86-84-36-16-18-40-89(84)107(95(86)63-77)92-59-53-69-25-9-13-33-81(69)100(92)114-101-82-34-14-10-26-70(82)54-60-93(101)107)75-29-19-30-76(61-75)105-111-102(72-27-5-2-6-28-72)110-103(112-105)73-47-43-66(44-48-73)74-49-55-85-83-35-15-17-39-88(83)106(94(85)62-74)90-57-51-67-23-7-11-31-79(67)98(90)113-99-80-32-12-8-24-68(80)52-58-91(99)106/h1-63H. The molecule has 20 aromatic rings. The Hall–Kier alpha value is -15.1. The van der Waals surface area contributed by atoms with Crippen LogP contribution in [0.1, 0.15) is 44.5 Å². The maximum Gasteiger partial charge on any atom is 0.164 e. The SMILES string of the molecule is c1ccc(-c2ccc(-c3nc(-c4ccc5c(c4)C4(c6ccccc6-5)c5ccc6ccccc6c5Oc5c4ccc4ccccc54)nc4c(-c5cccc(-c6nc(-c7ccccc7)nc(-c7ccc(-c8ccc9c(c8)C8(c%10ccccc%10-9)c9ccc%10ccccc%10c9Oc9c8ccc8ccccc98)cc7)n6)c5)cccc34)cc2)cc1. The lowest BCUT2D eigenvalue weighted by Gasteiger charge is -2.40. The third-order valence-electron chi connectivity index (χ3n) is 24.5. The molecule has 114 heavy (non-hydrogen) atoms. The predicted molar refractivity (Wildman–Crippen MR) is 461 cm³/mol. The first-order chi connectivity index (χ1) is 56.5. The van der Waals surface area contributed by atoms with Crippen LogP contribution < -0.4 is 9.47 Å². The second-order valence-electron chi connectivity index (χ2n) is 30.3. The fourth-order valence-corrected chi connectivity index (χ4v) is 19.3. The minimum Gasteiger partial charge on any atom is -0.455 e. The van der Waals surface area contributed by atoms with Crippen molar-refractivity contribution >= 4 is 54.0 Å². The van der Waals surface area contributed by atoms with E-state index in [9.17, 15) is 0 Å². The molecule has 0 saturated carbocycles. The molecule has 2 aliphatic carbocycles. The number of hydrogen-bond donors (Lipinski definition) is 0. The van der Waals surface area contributed by atoms with Crippen molar-refractivity contribution in [2.24, 2.45) is 0 Å². The Labute approximate surface area is 657 Å². The molecule has 0 amide bonds. The van der Waals surface area contributed by atoms with Crippen molar-refractivity contribution in [3.63, 3.8) is 0 Å².